The minimum atomic E-state index is 0.887. The highest BCUT2D eigenvalue weighted by Crippen LogP contribution is 2.00. The Kier molecular flexibility index (Phi) is 3.27. The third-order valence-corrected chi connectivity index (χ3v) is 2.03. The minimum absolute atomic E-state index is 0.887. The number of rotatable bonds is 5. The van der Waals surface area contributed by atoms with Crippen molar-refractivity contribution in [1.29, 1.82) is 0 Å². The summed E-state index contributed by atoms with van der Waals surface area (Å²) in [4.78, 5) is 8.22. The van der Waals surface area contributed by atoms with Crippen LogP contribution < -0.4 is 5.32 Å². The van der Waals surface area contributed by atoms with Gasteiger partial charge in [0.25, 0.3) is 0 Å². The van der Waals surface area contributed by atoms with Crippen molar-refractivity contribution < 1.29 is 0 Å². The second-order valence-electron chi connectivity index (χ2n) is 3.18. The smallest absolute Gasteiger partial charge is 0.137 e. The Morgan fingerprint density at radius 1 is 1.27 bits per heavy atom. The van der Waals surface area contributed by atoms with Gasteiger partial charge in [0.2, 0.25) is 0 Å². The van der Waals surface area contributed by atoms with Crippen molar-refractivity contribution in [2.45, 2.75) is 12.8 Å². The van der Waals surface area contributed by atoms with Gasteiger partial charge in [-0.2, -0.15) is 5.10 Å². The van der Waals surface area contributed by atoms with Crippen LogP contribution in [0.1, 0.15) is 12.2 Å². The second kappa shape index (κ2) is 5.09. The number of anilines is 1. The van der Waals surface area contributed by atoms with Gasteiger partial charge in [0, 0.05) is 19.2 Å². The maximum absolute atomic E-state index is 4.17. The van der Waals surface area contributed by atoms with Crippen LogP contribution >= 0.6 is 0 Å². The molecule has 5 nitrogen and oxygen atoms in total. The molecule has 0 unspecified atom stereocenters. The predicted molar refractivity (Wildman–Crippen MR) is 57.4 cm³/mol. The van der Waals surface area contributed by atoms with Gasteiger partial charge in [-0.3, -0.25) is 5.10 Å². The minimum Gasteiger partial charge on any atom is -0.370 e. The fraction of sp³-hybridized carbons (Fsp3) is 0.300. The lowest BCUT2D eigenvalue weighted by molar-refractivity contribution is 0.803. The van der Waals surface area contributed by atoms with Crippen molar-refractivity contribution in [3.63, 3.8) is 0 Å². The predicted octanol–water partition coefficient (Wildman–Crippen LogP) is 1.24. The number of aromatic nitrogens is 4. The summed E-state index contributed by atoms with van der Waals surface area (Å²) in [5.74, 6) is 1.84. The van der Waals surface area contributed by atoms with Crippen molar-refractivity contribution in [1.82, 2.24) is 20.2 Å². The lowest BCUT2D eigenvalue weighted by Gasteiger charge is -2.03. The Bertz CT molecular complexity index is 370. The molecular formula is C10H13N5. The molecule has 0 aliphatic heterocycles. The van der Waals surface area contributed by atoms with Crippen LogP contribution in [0, 0.1) is 0 Å². The molecule has 5 heteroatoms. The van der Waals surface area contributed by atoms with Gasteiger partial charge in [0.15, 0.2) is 0 Å². The van der Waals surface area contributed by atoms with Gasteiger partial charge in [-0.05, 0) is 18.6 Å². The first-order valence-electron chi connectivity index (χ1n) is 4.94. The van der Waals surface area contributed by atoms with E-state index in [2.05, 4.69) is 25.5 Å². The summed E-state index contributed by atoms with van der Waals surface area (Å²) in [5.41, 5.74) is 0. The molecule has 0 spiro atoms. The Balaban J connectivity index is 1.68. The van der Waals surface area contributed by atoms with Crippen LogP contribution in [0.2, 0.25) is 0 Å². The molecule has 15 heavy (non-hydrogen) atoms. The molecular weight excluding hydrogens is 190 g/mol. The van der Waals surface area contributed by atoms with Gasteiger partial charge < -0.3 is 5.32 Å². The first-order chi connectivity index (χ1) is 7.45. The molecule has 0 saturated heterocycles. The van der Waals surface area contributed by atoms with Crippen molar-refractivity contribution in [3.05, 3.63) is 36.5 Å². The Morgan fingerprint density at radius 3 is 3.00 bits per heavy atom. The molecule has 2 heterocycles. The number of aryl methyl sites for hydroxylation is 1. The van der Waals surface area contributed by atoms with E-state index in [1.54, 1.807) is 6.20 Å². The zero-order valence-corrected chi connectivity index (χ0v) is 8.35. The third kappa shape index (κ3) is 3.05. The van der Waals surface area contributed by atoms with Gasteiger partial charge in [-0.25, -0.2) is 9.97 Å². The van der Waals surface area contributed by atoms with Crippen LogP contribution in [0.3, 0.4) is 0 Å². The van der Waals surface area contributed by atoms with Gasteiger partial charge in [0.05, 0.1) is 0 Å². The van der Waals surface area contributed by atoms with E-state index in [0.717, 1.165) is 31.0 Å². The summed E-state index contributed by atoms with van der Waals surface area (Å²) in [5, 5.41) is 9.86. The fourth-order valence-electron chi connectivity index (χ4n) is 1.29. The fourth-order valence-corrected chi connectivity index (χ4v) is 1.29. The van der Waals surface area contributed by atoms with E-state index in [9.17, 15) is 0 Å². The van der Waals surface area contributed by atoms with Crippen LogP contribution in [0.5, 0.6) is 0 Å². The molecule has 0 atom stereocenters. The molecule has 0 bridgehead atoms. The van der Waals surface area contributed by atoms with Crippen LogP contribution in [0.4, 0.5) is 5.82 Å². The van der Waals surface area contributed by atoms with E-state index in [-0.39, 0.29) is 0 Å². The Morgan fingerprint density at radius 2 is 2.27 bits per heavy atom. The maximum Gasteiger partial charge on any atom is 0.137 e. The molecule has 78 valence electrons. The standard InChI is InChI=1S/C10H13N5/c1-2-6-11-9(4-1)12-7-3-5-10-13-8-14-15-10/h1-2,4,6,8H,3,5,7H2,(H,11,12)(H,13,14,15). The zero-order valence-electron chi connectivity index (χ0n) is 8.35. The molecule has 2 rings (SSSR count). The zero-order chi connectivity index (χ0) is 10.3. The van der Waals surface area contributed by atoms with Gasteiger partial charge in [-0.15, -0.1) is 0 Å². The van der Waals surface area contributed by atoms with E-state index in [4.69, 9.17) is 0 Å². The van der Waals surface area contributed by atoms with Crippen LogP contribution in [0.25, 0.3) is 0 Å². The summed E-state index contributed by atoms with van der Waals surface area (Å²) in [6.07, 6.45) is 5.21. The molecule has 0 radical (unpaired) electrons. The van der Waals surface area contributed by atoms with Crippen molar-refractivity contribution in [2.24, 2.45) is 0 Å². The van der Waals surface area contributed by atoms with Crippen molar-refractivity contribution in [2.75, 3.05) is 11.9 Å². The highest BCUT2D eigenvalue weighted by atomic mass is 15.2. The normalized spacial score (nSPS) is 10.1. The SMILES string of the molecule is c1ccc(NCCCc2ncn[nH]2)nc1. The summed E-state index contributed by atoms with van der Waals surface area (Å²) in [7, 11) is 0. The average Bonchev–Trinajstić information content (AvgIpc) is 2.79. The molecule has 0 fully saturated rings. The summed E-state index contributed by atoms with van der Waals surface area (Å²) >= 11 is 0. The number of H-pyrrole nitrogens is 1. The van der Waals surface area contributed by atoms with Crippen molar-refractivity contribution in [3.8, 4) is 0 Å². The number of aromatic amines is 1. The second-order valence-corrected chi connectivity index (χ2v) is 3.18. The van der Waals surface area contributed by atoms with Gasteiger partial charge in [0.1, 0.15) is 18.0 Å². The average molecular weight is 203 g/mol. The van der Waals surface area contributed by atoms with E-state index >= 15 is 0 Å². The van der Waals surface area contributed by atoms with Crippen molar-refractivity contribution >= 4 is 5.82 Å². The van der Waals surface area contributed by atoms with Gasteiger partial charge >= 0.3 is 0 Å². The Hall–Kier alpha value is -1.91. The van der Waals surface area contributed by atoms with E-state index in [1.165, 1.54) is 6.33 Å². The number of hydrogen-bond acceptors (Lipinski definition) is 4. The highest BCUT2D eigenvalue weighted by molar-refractivity contribution is 5.32. The van der Waals surface area contributed by atoms with Crippen LogP contribution in [-0.4, -0.2) is 26.7 Å². The number of hydrogen-bond donors (Lipinski definition) is 2. The Labute approximate surface area is 88.0 Å². The molecule has 2 N–H and O–H groups in total. The largest absolute Gasteiger partial charge is 0.370 e. The summed E-state index contributed by atoms with van der Waals surface area (Å²) in [6.45, 7) is 0.887. The quantitative estimate of drug-likeness (QED) is 0.717. The van der Waals surface area contributed by atoms with E-state index in [1.807, 2.05) is 18.2 Å². The van der Waals surface area contributed by atoms with Crippen LogP contribution in [-0.2, 0) is 6.42 Å². The van der Waals surface area contributed by atoms with Crippen LogP contribution in [0.15, 0.2) is 30.7 Å². The number of pyridine rings is 1. The van der Waals surface area contributed by atoms with E-state index in [0.29, 0.717) is 0 Å². The highest BCUT2D eigenvalue weighted by Gasteiger charge is 1.95. The lowest BCUT2D eigenvalue weighted by Crippen LogP contribution is -2.04. The molecule has 0 amide bonds. The third-order valence-electron chi connectivity index (χ3n) is 2.03. The summed E-state index contributed by atoms with van der Waals surface area (Å²) in [6, 6.07) is 5.82. The lowest BCUT2D eigenvalue weighted by atomic mass is 10.3. The monoisotopic (exact) mass is 203 g/mol. The first kappa shape index (κ1) is 9.64. The first-order valence-corrected chi connectivity index (χ1v) is 4.94. The van der Waals surface area contributed by atoms with E-state index < -0.39 is 0 Å². The molecule has 2 aromatic heterocycles. The molecule has 2 aromatic rings. The molecule has 0 aliphatic carbocycles. The molecule has 0 saturated carbocycles. The van der Waals surface area contributed by atoms with Gasteiger partial charge in [-0.1, -0.05) is 6.07 Å². The number of nitrogens with zero attached hydrogens (tertiary/aromatic N) is 3. The summed E-state index contributed by atoms with van der Waals surface area (Å²) < 4.78 is 0. The molecule has 0 aliphatic rings. The topological polar surface area (TPSA) is 66.5 Å². The number of nitrogens with one attached hydrogen (secondary N) is 2. The maximum atomic E-state index is 4.17. The molecule has 0 aromatic carbocycles.